The topological polar surface area (TPSA) is 38.3 Å². The maximum Gasteiger partial charge on any atom is 0.220 e. The number of methoxy groups -OCH3 is 1. The Morgan fingerprint density at radius 1 is 1.15 bits per heavy atom. The van der Waals surface area contributed by atoms with Crippen molar-refractivity contribution >= 4 is 28.5 Å². The lowest BCUT2D eigenvalue weighted by Gasteiger charge is -2.06. The summed E-state index contributed by atoms with van der Waals surface area (Å²) in [5.41, 5.74) is 1.17. The Balaban J connectivity index is 2.10. The molecule has 1 aromatic carbocycles. The lowest BCUT2D eigenvalue weighted by molar-refractivity contribution is -0.121. The van der Waals surface area contributed by atoms with Gasteiger partial charge in [0.1, 0.15) is 5.75 Å². The van der Waals surface area contributed by atoms with E-state index in [9.17, 15) is 4.79 Å². The summed E-state index contributed by atoms with van der Waals surface area (Å²) in [6.07, 6.45) is 6.19. The highest BCUT2D eigenvalue weighted by atomic mass is 127. The molecule has 1 rings (SSSR count). The second-order valence-electron chi connectivity index (χ2n) is 4.80. The van der Waals surface area contributed by atoms with E-state index in [0.29, 0.717) is 6.42 Å². The maximum atomic E-state index is 11.7. The lowest BCUT2D eigenvalue weighted by atomic mass is 10.1. The zero-order valence-electron chi connectivity index (χ0n) is 12.2. The number of alkyl halides is 1. The number of ether oxygens (including phenoxy) is 1. The van der Waals surface area contributed by atoms with Crippen molar-refractivity contribution in [3.8, 4) is 5.75 Å². The van der Waals surface area contributed by atoms with Crippen LogP contribution in [-0.4, -0.2) is 24.0 Å². The van der Waals surface area contributed by atoms with Gasteiger partial charge in [-0.1, -0.05) is 47.6 Å². The van der Waals surface area contributed by atoms with Crippen LogP contribution in [0, 0.1) is 0 Å². The normalized spacial score (nSPS) is 10.3. The minimum absolute atomic E-state index is 0.148. The molecule has 1 amide bonds. The van der Waals surface area contributed by atoms with E-state index < -0.39 is 0 Å². The average Bonchev–Trinajstić information content (AvgIpc) is 2.49. The van der Waals surface area contributed by atoms with Crippen LogP contribution in [-0.2, 0) is 11.2 Å². The van der Waals surface area contributed by atoms with E-state index in [4.69, 9.17) is 4.74 Å². The maximum absolute atomic E-state index is 11.7. The molecule has 4 heteroatoms. The Morgan fingerprint density at radius 3 is 2.50 bits per heavy atom. The van der Waals surface area contributed by atoms with Crippen LogP contribution in [0.1, 0.15) is 37.7 Å². The third-order valence-electron chi connectivity index (χ3n) is 3.18. The minimum atomic E-state index is 0.148. The van der Waals surface area contributed by atoms with E-state index in [1.807, 2.05) is 24.3 Å². The zero-order chi connectivity index (χ0) is 14.6. The Kier molecular flexibility index (Phi) is 9.45. The number of halogens is 1. The number of nitrogens with one attached hydrogen (secondary N) is 1. The molecule has 0 radical (unpaired) electrons. The molecular weight excluding hydrogens is 365 g/mol. The lowest BCUT2D eigenvalue weighted by Crippen LogP contribution is -2.24. The van der Waals surface area contributed by atoms with Crippen molar-refractivity contribution in [1.29, 1.82) is 0 Å². The van der Waals surface area contributed by atoms with E-state index in [-0.39, 0.29) is 5.91 Å². The van der Waals surface area contributed by atoms with Crippen molar-refractivity contribution < 1.29 is 9.53 Å². The number of carbonyl (C=O) groups excluding carboxylic acids is 1. The summed E-state index contributed by atoms with van der Waals surface area (Å²) in [5, 5.41) is 2.99. The van der Waals surface area contributed by atoms with Crippen LogP contribution in [0.3, 0.4) is 0 Å². The third kappa shape index (κ3) is 7.72. The van der Waals surface area contributed by atoms with Crippen molar-refractivity contribution in [2.24, 2.45) is 0 Å². The summed E-state index contributed by atoms with van der Waals surface area (Å²) in [5.74, 6) is 0.999. The third-order valence-corrected chi connectivity index (χ3v) is 3.95. The van der Waals surface area contributed by atoms with Crippen LogP contribution < -0.4 is 10.1 Å². The van der Waals surface area contributed by atoms with E-state index in [0.717, 1.165) is 25.1 Å². The molecule has 0 spiro atoms. The predicted octanol–water partition coefficient (Wildman–Crippen LogP) is 3.74. The van der Waals surface area contributed by atoms with Crippen LogP contribution in [0.15, 0.2) is 24.3 Å². The first-order chi connectivity index (χ1) is 9.76. The highest BCUT2D eigenvalue weighted by Gasteiger charge is 2.02. The van der Waals surface area contributed by atoms with Crippen LogP contribution in [0.4, 0.5) is 0 Å². The van der Waals surface area contributed by atoms with Crippen LogP contribution in [0.5, 0.6) is 5.75 Å². The molecule has 0 heterocycles. The van der Waals surface area contributed by atoms with Gasteiger partial charge in [-0.05, 0) is 41.4 Å². The first-order valence-corrected chi connectivity index (χ1v) is 8.74. The molecule has 1 aromatic rings. The Morgan fingerprint density at radius 2 is 1.85 bits per heavy atom. The number of rotatable bonds is 10. The molecule has 0 aliphatic carbocycles. The van der Waals surface area contributed by atoms with E-state index in [1.54, 1.807) is 7.11 Å². The second-order valence-corrected chi connectivity index (χ2v) is 5.88. The van der Waals surface area contributed by atoms with Crippen LogP contribution in [0.25, 0.3) is 0 Å². The monoisotopic (exact) mass is 389 g/mol. The van der Waals surface area contributed by atoms with Crippen molar-refractivity contribution in [2.75, 3.05) is 18.1 Å². The van der Waals surface area contributed by atoms with Crippen molar-refractivity contribution in [1.82, 2.24) is 5.32 Å². The smallest absolute Gasteiger partial charge is 0.220 e. The van der Waals surface area contributed by atoms with Crippen LogP contribution in [0.2, 0.25) is 0 Å². The Bertz CT molecular complexity index is 379. The summed E-state index contributed by atoms with van der Waals surface area (Å²) in [6.45, 7) is 0.808. The molecule has 0 saturated heterocycles. The summed E-state index contributed by atoms with van der Waals surface area (Å²) in [6, 6.07) is 7.88. The van der Waals surface area contributed by atoms with E-state index in [1.165, 1.54) is 29.3 Å². The average molecular weight is 389 g/mol. The van der Waals surface area contributed by atoms with Gasteiger partial charge in [0.25, 0.3) is 0 Å². The molecule has 20 heavy (non-hydrogen) atoms. The van der Waals surface area contributed by atoms with Gasteiger partial charge in [-0.25, -0.2) is 0 Å². The van der Waals surface area contributed by atoms with Gasteiger partial charge in [-0.3, -0.25) is 4.79 Å². The van der Waals surface area contributed by atoms with Gasteiger partial charge in [0.15, 0.2) is 0 Å². The molecule has 0 aliphatic rings. The van der Waals surface area contributed by atoms with Crippen molar-refractivity contribution in [3.63, 3.8) is 0 Å². The molecule has 0 aliphatic heterocycles. The fourth-order valence-electron chi connectivity index (χ4n) is 1.94. The highest BCUT2D eigenvalue weighted by Crippen LogP contribution is 2.12. The highest BCUT2D eigenvalue weighted by molar-refractivity contribution is 14.1. The predicted molar refractivity (Wildman–Crippen MR) is 91.7 cm³/mol. The van der Waals surface area contributed by atoms with Gasteiger partial charge in [0, 0.05) is 13.0 Å². The van der Waals surface area contributed by atoms with Gasteiger partial charge in [-0.2, -0.15) is 0 Å². The number of hydrogen-bond donors (Lipinski definition) is 1. The van der Waals surface area contributed by atoms with E-state index in [2.05, 4.69) is 27.9 Å². The van der Waals surface area contributed by atoms with Gasteiger partial charge >= 0.3 is 0 Å². The first-order valence-electron chi connectivity index (χ1n) is 7.22. The molecular formula is C16H24INO2. The second kappa shape index (κ2) is 10.9. The van der Waals surface area contributed by atoms with Crippen LogP contribution >= 0.6 is 22.6 Å². The Labute approximate surface area is 135 Å². The van der Waals surface area contributed by atoms with Crippen molar-refractivity contribution in [3.05, 3.63) is 29.8 Å². The SMILES string of the molecule is COc1ccc(CCC(=O)NCCCCCCI)cc1. The standard InChI is InChI=1S/C16H24INO2/c1-20-15-9-6-14(7-10-15)8-11-16(19)18-13-5-3-2-4-12-17/h6-7,9-10H,2-5,8,11-13H2,1H3,(H,18,19). The van der Waals surface area contributed by atoms with Gasteiger partial charge in [-0.15, -0.1) is 0 Å². The molecule has 0 bridgehead atoms. The molecule has 112 valence electrons. The summed E-state index contributed by atoms with van der Waals surface area (Å²) in [7, 11) is 1.66. The number of hydrogen-bond acceptors (Lipinski definition) is 2. The quantitative estimate of drug-likeness (QED) is 0.376. The van der Waals surface area contributed by atoms with Gasteiger partial charge in [0.2, 0.25) is 5.91 Å². The fourth-order valence-corrected chi connectivity index (χ4v) is 2.48. The molecule has 0 atom stereocenters. The number of benzene rings is 1. The Hall–Kier alpha value is -0.780. The minimum Gasteiger partial charge on any atom is -0.497 e. The molecule has 0 fully saturated rings. The van der Waals surface area contributed by atoms with Crippen molar-refractivity contribution in [2.45, 2.75) is 38.5 Å². The molecule has 3 nitrogen and oxygen atoms in total. The van der Waals surface area contributed by atoms with Gasteiger partial charge in [0.05, 0.1) is 7.11 Å². The number of carbonyl (C=O) groups is 1. The number of amides is 1. The first kappa shape index (κ1) is 17.3. The summed E-state index contributed by atoms with van der Waals surface area (Å²) >= 11 is 2.40. The molecule has 0 aromatic heterocycles. The largest absolute Gasteiger partial charge is 0.497 e. The zero-order valence-corrected chi connectivity index (χ0v) is 14.3. The summed E-state index contributed by atoms with van der Waals surface area (Å²) in [4.78, 5) is 11.7. The molecule has 1 N–H and O–H groups in total. The van der Waals surface area contributed by atoms with E-state index >= 15 is 0 Å². The summed E-state index contributed by atoms with van der Waals surface area (Å²) < 4.78 is 6.34. The molecule has 0 saturated carbocycles. The fraction of sp³-hybridized carbons (Fsp3) is 0.562. The van der Waals surface area contributed by atoms with Gasteiger partial charge < -0.3 is 10.1 Å². The number of aryl methyl sites for hydroxylation is 1. The number of unbranched alkanes of at least 4 members (excludes halogenated alkanes) is 3. The molecule has 0 unspecified atom stereocenters.